The lowest BCUT2D eigenvalue weighted by Gasteiger charge is -2.43. The summed E-state index contributed by atoms with van der Waals surface area (Å²) in [5.74, 6) is -1.00. The molecule has 1 aliphatic heterocycles. The van der Waals surface area contributed by atoms with Crippen LogP contribution in [0.4, 0.5) is 9.18 Å². The molecule has 3 aromatic carbocycles. The number of nitrogens with one attached hydrogen (secondary N) is 2. The van der Waals surface area contributed by atoms with Crippen LogP contribution in [0.25, 0.3) is 11.1 Å². The largest absolute Gasteiger partial charge is 0.465 e. The molecule has 4 N–H and O–H groups in total. The number of amides is 2. The molecule has 1 saturated heterocycles. The van der Waals surface area contributed by atoms with Crippen LogP contribution in [0.1, 0.15) is 52.7 Å². The molecule has 2 amide bonds. The molecule has 220 valence electrons. The van der Waals surface area contributed by atoms with Crippen molar-refractivity contribution in [3.63, 3.8) is 0 Å². The average Bonchev–Trinajstić information content (AvgIpc) is 2.99. The fourth-order valence-electron chi connectivity index (χ4n) is 5.85. The third-order valence-electron chi connectivity index (χ3n) is 7.92. The standard InChI is InChI=1S/C33H37FN4O4/c1-23-6-2-7-26(20-23)30-28(9-3-10-29(30)34)33(42,15-5-17-37-32(40)41)27-8-4-19-38(22-27)31(39)25-13-11-24(12-14-25)21-36-18-16-35/h2-3,6-7,9-14,20,27,36-37,42H,4-5,8,15,17-19,21-22H2,1H3,(H,40,41)/t27-,33?/m1/s1. The highest BCUT2D eigenvalue weighted by molar-refractivity contribution is 5.94. The fourth-order valence-corrected chi connectivity index (χ4v) is 5.85. The minimum absolute atomic E-state index is 0.137. The van der Waals surface area contributed by atoms with Gasteiger partial charge in [-0.1, -0.05) is 54.1 Å². The number of aryl methyl sites for hydroxylation is 1. The van der Waals surface area contributed by atoms with Gasteiger partial charge in [0.2, 0.25) is 0 Å². The summed E-state index contributed by atoms with van der Waals surface area (Å²) in [6.07, 6.45) is 0.661. The van der Waals surface area contributed by atoms with Gasteiger partial charge >= 0.3 is 6.09 Å². The van der Waals surface area contributed by atoms with Crippen molar-refractivity contribution in [3.05, 3.63) is 94.8 Å². The van der Waals surface area contributed by atoms with Crippen LogP contribution in [-0.4, -0.2) is 53.3 Å². The Hall–Kier alpha value is -4.26. The number of hydrogen-bond donors (Lipinski definition) is 4. The Kier molecular flexibility index (Phi) is 10.3. The Morgan fingerprint density at radius 3 is 2.62 bits per heavy atom. The predicted octanol–water partition coefficient (Wildman–Crippen LogP) is 5.20. The van der Waals surface area contributed by atoms with Gasteiger partial charge in [-0.25, -0.2) is 9.18 Å². The number of halogens is 1. The monoisotopic (exact) mass is 572 g/mol. The third-order valence-corrected chi connectivity index (χ3v) is 7.92. The van der Waals surface area contributed by atoms with Crippen LogP contribution in [0.5, 0.6) is 0 Å². The zero-order valence-corrected chi connectivity index (χ0v) is 23.8. The van der Waals surface area contributed by atoms with E-state index in [-0.39, 0.29) is 32.0 Å². The van der Waals surface area contributed by atoms with E-state index in [1.165, 1.54) is 6.07 Å². The lowest BCUT2D eigenvalue weighted by Crippen LogP contribution is -2.48. The van der Waals surface area contributed by atoms with Gasteiger partial charge < -0.3 is 25.7 Å². The van der Waals surface area contributed by atoms with E-state index in [2.05, 4.69) is 10.6 Å². The summed E-state index contributed by atoms with van der Waals surface area (Å²) in [6.45, 7) is 3.63. The molecule has 0 aromatic heterocycles. The van der Waals surface area contributed by atoms with Gasteiger partial charge in [0.05, 0.1) is 18.2 Å². The van der Waals surface area contributed by atoms with Crippen LogP contribution in [-0.2, 0) is 12.1 Å². The number of nitriles is 1. The highest BCUT2D eigenvalue weighted by atomic mass is 19.1. The Balaban J connectivity index is 1.64. The zero-order chi connectivity index (χ0) is 30.1. The summed E-state index contributed by atoms with van der Waals surface area (Å²) in [5, 5.41) is 35.6. The number of hydrogen-bond acceptors (Lipinski definition) is 5. The highest BCUT2D eigenvalue weighted by Gasteiger charge is 2.43. The Morgan fingerprint density at radius 1 is 1.14 bits per heavy atom. The van der Waals surface area contributed by atoms with Crippen LogP contribution in [0.2, 0.25) is 0 Å². The summed E-state index contributed by atoms with van der Waals surface area (Å²) in [4.78, 5) is 26.4. The van der Waals surface area contributed by atoms with Gasteiger partial charge in [0, 0.05) is 43.2 Å². The minimum Gasteiger partial charge on any atom is -0.465 e. The Labute approximate surface area is 245 Å². The van der Waals surface area contributed by atoms with Crippen LogP contribution < -0.4 is 10.6 Å². The maximum Gasteiger partial charge on any atom is 0.404 e. The van der Waals surface area contributed by atoms with Crippen molar-refractivity contribution in [2.75, 3.05) is 26.2 Å². The first-order valence-electron chi connectivity index (χ1n) is 14.2. The second-order valence-corrected chi connectivity index (χ2v) is 10.8. The van der Waals surface area contributed by atoms with E-state index >= 15 is 4.39 Å². The van der Waals surface area contributed by atoms with Gasteiger partial charge in [0.25, 0.3) is 5.91 Å². The molecule has 42 heavy (non-hydrogen) atoms. The molecular formula is C33H37FN4O4. The van der Waals surface area contributed by atoms with Gasteiger partial charge in [0.15, 0.2) is 0 Å². The molecule has 8 nitrogen and oxygen atoms in total. The zero-order valence-electron chi connectivity index (χ0n) is 23.8. The van der Waals surface area contributed by atoms with Crippen LogP contribution in [0.3, 0.4) is 0 Å². The minimum atomic E-state index is -1.52. The summed E-state index contributed by atoms with van der Waals surface area (Å²) < 4.78 is 15.5. The SMILES string of the molecule is Cc1cccc(-c2c(F)cccc2C(O)(CCCNC(=O)O)[C@@H]2CCCN(C(=O)c3ccc(CNCC#N)cc3)C2)c1. The van der Waals surface area contributed by atoms with Crippen LogP contribution in [0, 0.1) is 30.0 Å². The van der Waals surface area contributed by atoms with Crippen molar-refractivity contribution in [3.8, 4) is 17.2 Å². The van der Waals surface area contributed by atoms with E-state index in [4.69, 9.17) is 10.4 Å². The fraction of sp³-hybridized carbons (Fsp3) is 0.364. The van der Waals surface area contributed by atoms with Gasteiger partial charge in [0.1, 0.15) is 5.82 Å². The van der Waals surface area contributed by atoms with Crippen LogP contribution in [0.15, 0.2) is 66.7 Å². The van der Waals surface area contributed by atoms with Crippen molar-refractivity contribution in [1.29, 1.82) is 5.26 Å². The van der Waals surface area contributed by atoms with Crippen molar-refractivity contribution >= 4 is 12.0 Å². The molecule has 4 rings (SSSR count). The number of piperidine rings is 1. The molecule has 0 bridgehead atoms. The molecule has 2 atom stereocenters. The van der Waals surface area contributed by atoms with E-state index in [0.717, 1.165) is 11.1 Å². The molecule has 3 aromatic rings. The normalized spacial score (nSPS) is 16.3. The molecule has 0 spiro atoms. The molecule has 9 heteroatoms. The first-order valence-corrected chi connectivity index (χ1v) is 14.2. The number of rotatable bonds is 11. The topological polar surface area (TPSA) is 126 Å². The summed E-state index contributed by atoms with van der Waals surface area (Å²) in [7, 11) is 0. The Bertz CT molecular complexity index is 1440. The molecule has 0 aliphatic carbocycles. The van der Waals surface area contributed by atoms with Crippen molar-refractivity contribution in [1.82, 2.24) is 15.5 Å². The molecule has 0 radical (unpaired) electrons. The van der Waals surface area contributed by atoms with E-state index in [0.29, 0.717) is 54.6 Å². The smallest absolute Gasteiger partial charge is 0.404 e. The quantitative estimate of drug-likeness (QED) is 0.185. The number of nitrogens with zero attached hydrogens (tertiary/aromatic N) is 2. The first-order chi connectivity index (χ1) is 20.2. The van der Waals surface area contributed by atoms with E-state index in [1.807, 2.05) is 49.4 Å². The summed E-state index contributed by atoms with van der Waals surface area (Å²) >= 11 is 0. The van der Waals surface area contributed by atoms with Crippen molar-refractivity contribution < 1.29 is 24.2 Å². The number of aliphatic hydroxyl groups is 1. The maximum absolute atomic E-state index is 15.5. The summed E-state index contributed by atoms with van der Waals surface area (Å²) in [6, 6.07) is 21.4. The Morgan fingerprint density at radius 2 is 1.90 bits per heavy atom. The summed E-state index contributed by atoms with van der Waals surface area (Å²) in [5.41, 5.74) is 2.33. The molecule has 1 aliphatic rings. The lowest BCUT2D eigenvalue weighted by molar-refractivity contribution is -0.0564. The predicted molar refractivity (Wildman–Crippen MR) is 158 cm³/mol. The molecule has 0 saturated carbocycles. The second kappa shape index (κ2) is 14.1. The number of carbonyl (C=O) groups is 2. The van der Waals surface area contributed by atoms with Gasteiger partial charge in [-0.15, -0.1) is 0 Å². The van der Waals surface area contributed by atoms with Gasteiger partial charge in [-0.05, 0) is 67.5 Å². The lowest BCUT2D eigenvalue weighted by atomic mass is 9.72. The molecule has 1 heterocycles. The van der Waals surface area contributed by atoms with E-state index in [9.17, 15) is 14.7 Å². The number of carboxylic acid groups (broad SMARTS) is 1. The third kappa shape index (κ3) is 7.32. The van der Waals surface area contributed by atoms with Gasteiger partial charge in [-0.3, -0.25) is 4.79 Å². The van der Waals surface area contributed by atoms with E-state index < -0.39 is 23.4 Å². The second-order valence-electron chi connectivity index (χ2n) is 10.8. The highest BCUT2D eigenvalue weighted by Crippen LogP contribution is 2.44. The average molecular weight is 573 g/mol. The maximum atomic E-state index is 15.5. The first kappa shape index (κ1) is 30.7. The molecule has 1 unspecified atom stereocenters. The molecular weight excluding hydrogens is 535 g/mol. The molecule has 1 fully saturated rings. The van der Waals surface area contributed by atoms with Crippen LogP contribution >= 0.6 is 0 Å². The van der Waals surface area contributed by atoms with E-state index in [1.54, 1.807) is 29.2 Å². The van der Waals surface area contributed by atoms with Crippen molar-refractivity contribution in [2.24, 2.45) is 5.92 Å². The number of likely N-dealkylation sites (tertiary alicyclic amines) is 1. The number of benzene rings is 3. The van der Waals surface area contributed by atoms with Crippen molar-refractivity contribution in [2.45, 2.75) is 44.8 Å². The number of carbonyl (C=O) groups excluding carboxylic acids is 1. The van der Waals surface area contributed by atoms with Gasteiger partial charge in [-0.2, -0.15) is 5.26 Å².